The van der Waals surface area contributed by atoms with Gasteiger partial charge in [0.1, 0.15) is 0 Å². The molecule has 4 nitrogen and oxygen atoms in total. The molecule has 1 aliphatic heterocycles. The summed E-state index contributed by atoms with van der Waals surface area (Å²) in [6, 6.07) is 8.10. The highest BCUT2D eigenvalue weighted by Gasteiger charge is 2.34. The van der Waals surface area contributed by atoms with E-state index in [1.54, 1.807) is 4.31 Å². The standard InChI is InChI=1S/C18H29NO3S/c1-14-12-22-13-15(2)19(14)23(20,21)11-10-16-6-8-17(9-7-16)18(3,4)5/h6-9,14-15H,10-13H2,1-5H3. The van der Waals surface area contributed by atoms with Gasteiger partial charge in [0, 0.05) is 12.1 Å². The molecule has 1 saturated heterocycles. The van der Waals surface area contributed by atoms with Crippen LogP contribution in [-0.4, -0.2) is 43.8 Å². The second-order valence-corrected chi connectivity index (χ2v) is 9.57. The minimum Gasteiger partial charge on any atom is -0.378 e. The molecule has 0 spiro atoms. The lowest BCUT2D eigenvalue weighted by Gasteiger charge is -2.37. The lowest BCUT2D eigenvalue weighted by Crippen LogP contribution is -2.53. The number of hydrogen-bond donors (Lipinski definition) is 0. The topological polar surface area (TPSA) is 46.6 Å². The van der Waals surface area contributed by atoms with E-state index in [1.165, 1.54) is 5.56 Å². The van der Waals surface area contributed by atoms with Crippen LogP contribution in [0.3, 0.4) is 0 Å². The lowest BCUT2D eigenvalue weighted by molar-refractivity contribution is 0.00640. The quantitative estimate of drug-likeness (QED) is 0.847. The van der Waals surface area contributed by atoms with Gasteiger partial charge < -0.3 is 4.74 Å². The molecule has 5 heteroatoms. The zero-order chi connectivity index (χ0) is 17.3. The average Bonchev–Trinajstić information content (AvgIpc) is 2.44. The smallest absolute Gasteiger partial charge is 0.215 e. The number of aryl methyl sites for hydroxylation is 1. The third-order valence-electron chi connectivity index (χ3n) is 4.38. The number of rotatable bonds is 4. The fourth-order valence-corrected chi connectivity index (χ4v) is 4.99. The van der Waals surface area contributed by atoms with Crippen molar-refractivity contribution in [2.45, 2.75) is 58.5 Å². The molecule has 0 radical (unpaired) electrons. The second-order valence-electron chi connectivity index (χ2n) is 7.58. The molecule has 23 heavy (non-hydrogen) atoms. The monoisotopic (exact) mass is 339 g/mol. The maximum atomic E-state index is 12.7. The van der Waals surface area contributed by atoms with Gasteiger partial charge in [-0.1, -0.05) is 45.0 Å². The van der Waals surface area contributed by atoms with Crippen molar-refractivity contribution in [3.63, 3.8) is 0 Å². The zero-order valence-electron chi connectivity index (χ0n) is 14.9. The molecule has 0 saturated carbocycles. The average molecular weight is 340 g/mol. The molecule has 0 aromatic heterocycles. The van der Waals surface area contributed by atoms with Gasteiger partial charge in [0.05, 0.1) is 19.0 Å². The predicted octanol–water partition coefficient (Wildman–Crippen LogP) is 2.97. The highest BCUT2D eigenvalue weighted by atomic mass is 32.2. The summed E-state index contributed by atoms with van der Waals surface area (Å²) in [4.78, 5) is 0. The first-order valence-electron chi connectivity index (χ1n) is 8.29. The number of morpholine rings is 1. The van der Waals surface area contributed by atoms with Crippen LogP contribution in [0.4, 0.5) is 0 Å². The van der Waals surface area contributed by atoms with Gasteiger partial charge in [-0.2, -0.15) is 4.31 Å². The van der Waals surface area contributed by atoms with Crippen molar-refractivity contribution < 1.29 is 13.2 Å². The maximum Gasteiger partial charge on any atom is 0.215 e. The highest BCUT2D eigenvalue weighted by molar-refractivity contribution is 7.89. The fourth-order valence-electron chi connectivity index (χ4n) is 3.06. The van der Waals surface area contributed by atoms with E-state index in [-0.39, 0.29) is 23.3 Å². The summed E-state index contributed by atoms with van der Waals surface area (Å²) < 4.78 is 32.4. The molecule has 2 atom stereocenters. The number of hydrogen-bond acceptors (Lipinski definition) is 3. The number of sulfonamides is 1. The van der Waals surface area contributed by atoms with Crippen LogP contribution in [-0.2, 0) is 26.6 Å². The van der Waals surface area contributed by atoms with Crippen LogP contribution in [0.25, 0.3) is 0 Å². The molecule has 1 heterocycles. The van der Waals surface area contributed by atoms with E-state index in [2.05, 4.69) is 32.9 Å². The van der Waals surface area contributed by atoms with E-state index in [1.807, 2.05) is 26.0 Å². The minimum absolute atomic E-state index is 0.0907. The summed E-state index contributed by atoms with van der Waals surface area (Å²) in [6.45, 7) is 11.3. The van der Waals surface area contributed by atoms with Crippen molar-refractivity contribution in [3.05, 3.63) is 35.4 Å². The van der Waals surface area contributed by atoms with Crippen molar-refractivity contribution in [2.24, 2.45) is 0 Å². The molecule has 1 aliphatic rings. The van der Waals surface area contributed by atoms with Crippen LogP contribution in [0.2, 0.25) is 0 Å². The Kier molecular flexibility index (Phi) is 5.54. The summed E-state index contributed by atoms with van der Waals surface area (Å²) in [7, 11) is -3.27. The Morgan fingerprint density at radius 2 is 1.61 bits per heavy atom. The van der Waals surface area contributed by atoms with Crippen molar-refractivity contribution in [3.8, 4) is 0 Å². The molecule has 0 amide bonds. The zero-order valence-corrected chi connectivity index (χ0v) is 15.7. The summed E-state index contributed by atoms with van der Waals surface area (Å²) in [5.41, 5.74) is 2.44. The summed E-state index contributed by atoms with van der Waals surface area (Å²) in [5, 5.41) is 0. The number of ether oxygens (including phenoxy) is 1. The molecule has 1 aromatic carbocycles. The maximum absolute atomic E-state index is 12.7. The second kappa shape index (κ2) is 6.91. The van der Waals surface area contributed by atoms with E-state index in [4.69, 9.17) is 4.74 Å². The summed E-state index contributed by atoms with van der Waals surface area (Å²) >= 11 is 0. The van der Waals surface area contributed by atoms with Gasteiger partial charge in [-0.3, -0.25) is 0 Å². The molecule has 1 fully saturated rings. The molecular formula is C18H29NO3S. The number of benzene rings is 1. The first kappa shape index (κ1) is 18.4. The molecular weight excluding hydrogens is 310 g/mol. The first-order chi connectivity index (χ1) is 10.6. The Balaban J connectivity index is 2.04. The van der Waals surface area contributed by atoms with Gasteiger partial charge in [-0.25, -0.2) is 8.42 Å². The molecule has 130 valence electrons. The van der Waals surface area contributed by atoms with Gasteiger partial charge in [0.15, 0.2) is 0 Å². The fraction of sp³-hybridized carbons (Fsp3) is 0.667. The van der Waals surface area contributed by atoms with Crippen molar-refractivity contribution in [2.75, 3.05) is 19.0 Å². The Morgan fingerprint density at radius 1 is 1.09 bits per heavy atom. The van der Waals surface area contributed by atoms with Crippen LogP contribution in [0, 0.1) is 0 Å². The highest BCUT2D eigenvalue weighted by Crippen LogP contribution is 2.23. The Morgan fingerprint density at radius 3 is 2.09 bits per heavy atom. The SMILES string of the molecule is CC1COCC(C)N1S(=O)(=O)CCc1ccc(C(C)(C)C)cc1. The first-order valence-corrected chi connectivity index (χ1v) is 9.90. The van der Waals surface area contributed by atoms with Gasteiger partial charge in [-0.15, -0.1) is 0 Å². The largest absolute Gasteiger partial charge is 0.378 e. The Bertz CT molecular complexity index is 607. The van der Waals surface area contributed by atoms with Gasteiger partial charge in [-0.05, 0) is 36.8 Å². The van der Waals surface area contributed by atoms with E-state index in [0.29, 0.717) is 19.6 Å². The minimum atomic E-state index is -3.27. The van der Waals surface area contributed by atoms with Crippen molar-refractivity contribution in [1.29, 1.82) is 0 Å². The van der Waals surface area contributed by atoms with Crippen LogP contribution in [0.1, 0.15) is 45.7 Å². The van der Waals surface area contributed by atoms with E-state index in [9.17, 15) is 8.42 Å². The van der Waals surface area contributed by atoms with Crippen LogP contribution in [0.5, 0.6) is 0 Å². The Hall–Kier alpha value is -0.910. The van der Waals surface area contributed by atoms with Gasteiger partial charge in [0.2, 0.25) is 10.0 Å². The predicted molar refractivity (Wildman–Crippen MR) is 94.2 cm³/mol. The normalized spacial score (nSPS) is 23.9. The van der Waals surface area contributed by atoms with E-state index < -0.39 is 10.0 Å². The molecule has 2 unspecified atom stereocenters. The summed E-state index contributed by atoms with van der Waals surface area (Å²) in [5.74, 6) is 0.149. The Labute approximate surface area is 140 Å². The van der Waals surface area contributed by atoms with Crippen LogP contribution in [0.15, 0.2) is 24.3 Å². The number of nitrogens with zero attached hydrogens (tertiary/aromatic N) is 1. The van der Waals surface area contributed by atoms with Crippen molar-refractivity contribution >= 4 is 10.0 Å². The third-order valence-corrected chi connectivity index (χ3v) is 6.46. The van der Waals surface area contributed by atoms with Crippen LogP contribution < -0.4 is 0 Å². The molecule has 1 aromatic rings. The van der Waals surface area contributed by atoms with Crippen LogP contribution >= 0.6 is 0 Å². The van der Waals surface area contributed by atoms with Gasteiger partial charge >= 0.3 is 0 Å². The molecule has 0 bridgehead atoms. The summed E-state index contributed by atoms with van der Waals surface area (Å²) in [6.07, 6.45) is 0.545. The molecule has 0 aliphatic carbocycles. The molecule has 0 N–H and O–H groups in total. The lowest BCUT2D eigenvalue weighted by atomic mass is 9.86. The van der Waals surface area contributed by atoms with E-state index >= 15 is 0 Å². The van der Waals surface area contributed by atoms with Gasteiger partial charge in [0.25, 0.3) is 0 Å². The van der Waals surface area contributed by atoms with Crippen molar-refractivity contribution in [1.82, 2.24) is 4.31 Å². The van der Waals surface area contributed by atoms with E-state index in [0.717, 1.165) is 5.56 Å². The third kappa shape index (κ3) is 4.55. The molecule has 2 rings (SSSR count).